The van der Waals surface area contributed by atoms with Crippen LogP contribution in [0.1, 0.15) is 29.2 Å². The number of benzene rings is 2. The standard InChI is InChI=1S/C19H22N2O4/c1-12-7-13(2)9-15(8-12)21-19(23)20-6-5-16(22)14-3-4-17-18(10-14)25-11-24-17/h3-4,7-10,16,22H,5-6,11H2,1-2H3,(H2,20,21,23). The minimum atomic E-state index is -0.684. The first-order valence-corrected chi connectivity index (χ1v) is 8.22. The largest absolute Gasteiger partial charge is 0.454 e. The lowest BCUT2D eigenvalue weighted by Crippen LogP contribution is -2.30. The number of aryl methyl sites for hydroxylation is 2. The summed E-state index contributed by atoms with van der Waals surface area (Å²) in [5.74, 6) is 1.32. The molecule has 0 aliphatic carbocycles. The highest BCUT2D eigenvalue weighted by molar-refractivity contribution is 5.89. The molecule has 3 N–H and O–H groups in total. The van der Waals surface area contributed by atoms with Crippen LogP contribution in [-0.4, -0.2) is 24.5 Å². The molecule has 0 spiro atoms. The van der Waals surface area contributed by atoms with Gasteiger partial charge in [0.1, 0.15) is 0 Å². The molecule has 0 saturated heterocycles. The maximum absolute atomic E-state index is 12.0. The molecule has 3 rings (SSSR count). The van der Waals surface area contributed by atoms with Crippen LogP contribution in [0.25, 0.3) is 0 Å². The quantitative estimate of drug-likeness (QED) is 0.779. The van der Waals surface area contributed by atoms with Crippen molar-refractivity contribution in [3.05, 3.63) is 53.1 Å². The second kappa shape index (κ2) is 7.44. The Hall–Kier alpha value is -2.73. The first-order chi connectivity index (χ1) is 12.0. The summed E-state index contributed by atoms with van der Waals surface area (Å²) in [7, 11) is 0. The molecule has 6 heteroatoms. The molecule has 1 aliphatic heterocycles. The van der Waals surface area contributed by atoms with E-state index in [1.54, 1.807) is 18.2 Å². The maximum atomic E-state index is 12.0. The summed E-state index contributed by atoms with van der Waals surface area (Å²) in [4.78, 5) is 12.0. The zero-order valence-corrected chi connectivity index (χ0v) is 14.3. The van der Waals surface area contributed by atoms with Gasteiger partial charge in [0, 0.05) is 12.2 Å². The topological polar surface area (TPSA) is 79.8 Å². The molecule has 6 nitrogen and oxygen atoms in total. The normalized spacial score (nSPS) is 13.4. The van der Waals surface area contributed by atoms with E-state index >= 15 is 0 Å². The zero-order valence-electron chi connectivity index (χ0n) is 14.3. The molecule has 1 heterocycles. The summed E-state index contributed by atoms with van der Waals surface area (Å²) in [6, 6.07) is 10.9. The number of aliphatic hydroxyl groups excluding tert-OH is 1. The van der Waals surface area contributed by atoms with Gasteiger partial charge < -0.3 is 25.2 Å². The van der Waals surface area contributed by atoms with E-state index < -0.39 is 6.10 Å². The van der Waals surface area contributed by atoms with Gasteiger partial charge in [-0.3, -0.25) is 0 Å². The fraction of sp³-hybridized carbons (Fsp3) is 0.316. The van der Waals surface area contributed by atoms with Crippen molar-refractivity contribution in [2.75, 3.05) is 18.7 Å². The van der Waals surface area contributed by atoms with Crippen LogP contribution >= 0.6 is 0 Å². The molecule has 1 unspecified atom stereocenters. The van der Waals surface area contributed by atoms with Crippen molar-refractivity contribution in [3.63, 3.8) is 0 Å². The monoisotopic (exact) mass is 342 g/mol. The predicted octanol–water partition coefficient (Wildman–Crippen LogP) is 3.28. The van der Waals surface area contributed by atoms with Crippen molar-refractivity contribution in [1.82, 2.24) is 5.32 Å². The van der Waals surface area contributed by atoms with Gasteiger partial charge in [0.25, 0.3) is 0 Å². The molecular formula is C19H22N2O4. The number of fused-ring (bicyclic) bond motifs is 1. The summed E-state index contributed by atoms with van der Waals surface area (Å²) in [6.07, 6.45) is -0.282. The molecule has 0 saturated carbocycles. The fourth-order valence-electron chi connectivity index (χ4n) is 2.83. The Bertz CT molecular complexity index is 756. The number of aliphatic hydroxyl groups is 1. The van der Waals surface area contributed by atoms with Gasteiger partial charge in [-0.1, -0.05) is 12.1 Å². The van der Waals surface area contributed by atoms with Gasteiger partial charge in [-0.15, -0.1) is 0 Å². The maximum Gasteiger partial charge on any atom is 0.319 e. The van der Waals surface area contributed by atoms with E-state index in [4.69, 9.17) is 9.47 Å². The van der Waals surface area contributed by atoms with E-state index in [0.717, 1.165) is 22.4 Å². The predicted molar refractivity (Wildman–Crippen MR) is 95.1 cm³/mol. The number of anilines is 1. The van der Waals surface area contributed by atoms with Gasteiger partial charge in [0.05, 0.1) is 6.10 Å². The Morgan fingerprint density at radius 2 is 1.84 bits per heavy atom. The number of nitrogens with one attached hydrogen (secondary N) is 2. The smallest absolute Gasteiger partial charge is 0.319 e. The van der Waals surface area contributed by atoms with Crippen molar-refractivity contribution in [3.8, 4) is 11.5 Å². The van der Waals surface area contributed by atoms with Crippen molar-refractivity contribution in [1.29, 1.82) is 0 Å². The lowest BCUT2D eigenvalue weighted by molar-refractivity contribution is 0.165. The SMILES string of the molecule is Cc1cc(C)cc(NC(=O)NCCC(O)c2ccc3c(c2)OCO3)c1. The minimum absolute atomic E-state index is 0.203. The Morgan fingerprint density at radius 3 is 2.60 bits per heavy atom. The lowest BCUT2D eigenvalue weighted by atomic mass is 10.1. The molecule has 132 valence electrons. The Labute approximate surface area is 146 Å². The average molecular weight is 342 g/mol. The number of rotatable bonds is 5. The number of amides is 2. The van der Waals surface area contributed by atoms with Gasteiger partial charge in [0.15, 0.2) is 11.5 Å². The number of carbonyl (C=O) groups is 1. The summed E-state index contributed by atoms with van der Waals surface area (Å²) >= 11 is 0. The van der Waals surface area contributed by atoms with E-state index in [1.165, 1.54) is 0 Å². The van der Waals surface area contributed by atoms with Crippen LogP contribution in [-0.2, 0) is 0 Å². The molecule has 0 fully saturated rings. The number of urea groups is 1. The second-order valence-electron chi connectivity index (χ2n) is 6.17. The molecule has 1 atom stereocenters. The Kier molecular flexibility index (Phi) is 5.09. The summed E-state index contributed by atoms with van der Waals surface area (Å²) in [6.45, 7) is 4.52. The van der Waals surface area contributed by atoms with E-state index in [2.05, 4.69) is 10.6 Å². The summed E-state index contributed by atoms with van der Waals surface area (Å²) in [5.41, 5.74) is 3.68. The molecule has 2 amide bonds. The zero-order chi connectivity index (χ0) is 17.8. The average Bonchev–Trinajstić information content (AvgIpc) is 3.01. The Morgan fingerprint density at radius 1 is 1.12 bits per heavy atom. The lowest BCUT2D eigenvalue weighted by Gasteiger charge is -2.13. The first-order valence-electron chi connectivity index (χ1n) is 8.22. The van der Waals surface area contributed by atoms with Crippen LogP contribution in [0.4, 0.5) is 10.5 Å². The second-order valence-corrected chi connectivity index (χ2v) is 6.17. The van der Waals surface area contributed by atoms with E-state index in [-0.39, 0.29) is 12.8 Å². The van der Waals surface area contributed by atoms with Crippen LogP contribution in [0.5, 0.6) is 11.5 Å². The highest BCUT2D eigenvalue weighted by Crippen LogP contribution is 2.34. The van der Waals surface area contributed by atoms with Gasteiger partial charge in [-0.2, -0.15) is 0 Å². The van der Waals surface area contributed by atoms with Gasteiger partial charge in [-0.05, 0) is 61.2 Å². The van der Waals surface area contributed by atoms with Crippen LogP contribution < -0.4 is 20.1 Å². The highest BCUT2D eigenvalue weighted by atomic mass is 16.7. The van der Waals surface area contributed by atoms with Crippen molar-refractivity contribution in [2.24, 2.45) is 0 Å². The molecule has 25 heavy (non-hydrogen) atoms. The van der Waals surface area contributed by atoms with Crippen molar-refractivity contribution >= 4 is 11.7 Å². The minimum Gasteiger partial charge on any atom is -0.454 e. The Balaban J connectivity index is 1.48. The third kappa shape index (κ3) is 4.42. The third-order valence-corrected chi connectivity index (χ3v) is 3.96. The van der Waals surface area contributed by atoms with Gasteiger partial charge >= 0.3 is 6.03 Å². The van der Waals surface area contributed by atoms with Gasteiger partial charge in [-0.25, -0.2) is 4.79 Å². The molecule has 2 aromatic carbocycles. The summed E-state index contributed by atoms with van der Waals surface area (Å²) < 4.78 is 10.6. The molecule has 1 aliphatic rings. The van der Waals surface area contributed by atoms with E-state index in [9.17, 15) is 9.90 Å². The van der Waals surface area contributed by atoms with Crippen LogP contribution in [0.3, 0.4) is 0 Å². The molecule has 2 aromatic rings. The fourth-order valence-corrected chi connectivity index (χ4v) is 2.83. The van der Waals surface area contributed by atoms with Crippen molar-refractivity contribution in [2.45, 2.75) is 26.4 Å². The van der Waals surface area contributed by atoms with E-state index in [1.807, 2.05) is 32.0 Å². The number of ether oxygens (including phenoxy) is 2. The van der Waals surface area contributed by atoms with Crippen molar-refractivity contribution < 1.29 is 19.4 Å². The summed E-state index contributed by atoms with van der Waals surface area (Å²) in [5, 5.41) is 15.8. The molecule has 0 radical (unpaired) electrons. The van der Waals surface area contributed by atoms with Crippen LogP contribution in [0.15, 0.2) is 36.4 Å². The first kappa shape index (κ1) is 17.1. The molecule has 0 bridgehead atoms. The molecule has 0 aromatic heterocycles. The number of hydrogen-bond donors (Lipinski definition) is 3. The van der Waals surface area contributed by atoms with Crippen LogP contribution in [0, 0.1) is 13.8 Å². The highest BCUT2D eigenvalue weighted by Gasteiger charge is 2.16. The van der Waals surface area contributed by atoms with Crippen LogP contribution in [0.2, 0.25) is 0 Å². The number of hydrogen-bond acceptors (Lipinski definition) is 4. The third-order valence-electron chi connectivity index (χ3n) is 3.96. The number of carbonyl (C=O) groups excluding carboxylic acids is 1. The van der Waals surface area contributed by atoms with E-state index in [0.29, 0.717) is 24.5 Å². The molecular weight excluding hydrogens is 320 g/mol. The van der Waals surface area contributed by atoms with Gasteiger partial charge in [0.2, 0.25) is 6.79 Å².